The fraction of sp³-hybridized carbons (Fsp3) is 0.500. The molecule has 0 aromatic heterocycles. The summed E-state index contributed by atoms with van der Waals surface area (Å²) in [4.78, 5) is 0.741. The summed E-state index contributed by atoms with van der Waals surface area (Å²) in [7, 11) is 0. The molecule has 1 N–H and O–H groups in total. The zero-order chi connectivity index (χ0) is 12.1. The Morgan fingerprint density at radius 3 is 2.59 bits per heavy atom. The number of hydrogen-bond acceptors (Lipinski definition) is 2. The van der Waals surface area contributed by atoms with E-state index in [-0.39, 0.29) is 10.4 Å². The van der Waals surface area contributed by atoms with Crippen LogP contribution in [-0.4, -0.2) is 11.3 Å². The Morgan fingerprint density at radius 1 is 1.24 bits per heavy atom. The normalized spacial score (nSPS) is 21.6. The van der Waals surface area contributed by atoms with Crippen molar-refractivity contribution in [2.45, 2.75) is 35.1 Å². The van der Waals surface area contributed by atoms with Gasteiger partial charge in [0.2, 0.25) is 0 Å². The highest BCUT2D eigenvalue weighted by Crippen LogP contribution is 2.54. The molecule has 0 atom stereocenters. The number of halogens is 3. The van der Waals surface area contributed by atoms with Gasteiger partial charge in [-0.25, -0.2) is 0 Å². The zero-order valence-electron chi connectivity index (χ0n) is 9.10. The van der Waals surface area contributed by atoms with E-state index in [9.17, 15) is 13.2 Å². The molecular formula is C12H12F3NS. The third kappa shape index (κ3) is 1.80. The van der Waals surface area contributed by atoms with Crippen LogP contribution < -0.4 is 5.32 Å². The van der Waals surface area contributed by atoms with Crippen molar-refractivity contribution in [3.63, 3.8) is 0 Å². The molecule has 0 unspecified atom stereocenters. The maximum Gasteiger partial charge on any atom is 0.418 e. The van der Waals surface area contributed by atoms with Crippen LogP contribution in [0.5, 0.6) is 0 Å². The Bertz CT molecular complexity index is 452. The summed E-state index contributed by atoms with van der Waals surface area (Å²) >= 11 is 1.61. The van der Waals surface area contributed by atoms with Gasteiger partial charge in [-0.05, 0) is 25.0 Å². The van der Waals surface area contributed by atoms with Gasteiger partial charge in [0, 0.05) is 16.2 Å². The minimum Gasteiger partial charge on any atom is -0.382 e. The predicted octanol–water partition coefficient (Wildman–Crippen LogP) is 4.15. The van der Waals surface area contributed by atoms with Crippen LogP contribution in [-0.2, 0) is 6.18 Å². The van der Waals surface area contributed by atoms with Crippen LogP contribution in [0.3, 0.4) is 0 Å². The fourth-order valence-corrected chi connectivity index (χ4v) is 3.94. The molecule has 1 fully saturated rings. The number of thioether (sulfide) groups is 1. The largest absolute Gasteiger partial charge is 0.418 e. The standard InChI is InChI=1S/C12H12F3NS/c13-12(14,15)8-3-1-4-9-10(8)16-7-11(17-9)5-2-6-11/h1,3-4,16H,2,5-7H2. The Morgan fingerprint density at radius 2 is 2.00 bits per heavy atom. The summed E-state index contributed by atoms with van der Waals surface area (Å²) in [6, 6.07) is 4.42. The van der Waals surface area contributed by atoms with Gasteiger partial charge in [-0.1, -0.05) is 12.5 Å². The highest BCUT2D eigenvalue weighted by molar-refractivity contribution is 8.01. The van der Waals surface area contributed by atoms with E-state index in [0.717, 1.165) is 23.8 Å². The number of benzene rings is 1. The van der Waals surface area contributed by atoms with E-state index < -0.39 is 11.7 Å². The molecule has 17 heavy (non-hydrogen) atoms. The lowest BCUT2D eigenvalue weighted by molar-refractivity contribution is -0.137. The quantitative estimate of drug-likeness (QED) is 0.751. The molecule has 0 amide bonds. The first-order chi connectivity index (χ1) is 8.00. The van der Waals surface area contributed by atoms with Crippen LogP contribution in [0.4, 0.5) is 18.9 Å². The summed E-state index contributed by atoms with van der Waals surface area (Å²) in [5.41, 5.74) is -0.279. The summed E-state index contributed by atoms with van der Waals surface area (Å²) in [5.74, 6) is 0. The molecule has 1 aromatic rings. The van der Waals surface area contributed by atoms with Crippen molar-refractivity contribution in [3.05, 3.63) is 23.8 Å². The average molecular weight is 259 g/mol. The zero-order valence-corrected chi connectivity index (χ0v) is 9.92. The lowest BCUT2D eigenvalue weighted by atomic mass is 9.84. The molecule has 5 heteroatoms. The van der Waals surface area contributed by atoms with Gasteiger partial charge in [-0.3, -0.25) is 0 Å². The molecule has 2 aliphatic rings. The van der Waals surface area contributed by atoms with Crippen LogP contribution in [0.2, 0.25) is 0 Å². The molecule has 0 bridgehead atoms. The Hall–Kier alpha value is -0.840. The molecule has 0 saturated heterocycles. The molecule has 1 spiro atoms. The summed E-state index contributed by atoms with van der Waals surface area (Å²) in [5, 5.41) is 2.99. The second kappa shape index (κ2) is 3.57. The molecule has 1 aliphatic carbocycles. The minimum atomic E-state index is -4.27. The fourth-order valence-electron chi connectivity index (χ4n) is 2.40. The number of anilines is 1. The van der Waals surface area contributed by atoms with Gasteiger partial charge in [0.1, 0.15) is 0 Å². The highest BCUT2D eigenvalue weighted by atomic mass is 32.2. The molecule has 1 aliphatic heterocycles. The maximum atomic E-state index is 12.8. The molecule has 0 radical (unpaired) electrons. The molecular weight excluding hydrogens is 247 g/mol. The molecule has 92 valence electrons. The number of fused-ring (bicyclic) bond motifs is 1. The van der Waals surface area contributed by atoms with Gasteiger partial charge in [0.05, 0.1) is 11.3 Å². The third-order valence-electron chi connectivity index (χ3n) is 3.51. The third-order valence-corrected chi connectivity index (χ3v) is 5.06. The van der Waals surface area contributed by atoms with E-state index >= 15 is 0 Å². The number of rotatable bonds is 0. The lowest BCUT2D eigenvalue weighted by Gasteiger charge is -2.45. The van der Waals surface area contributed by atoms with Crippen molar-refractivity contribution < 1.29 is 13.2 Å². The number of alkyl halides is 3. The van der Waals surface area contributed by atoms with E-state index in [4.69, 9.17) is 0 Å². The lowest BCUT2D eigenvalue weighted by Crippen LogP contribution is -2.43. The topological polar surface area (TPSA) is 12.0 Å². The van der Waals surface area contributed by atoms with Gasteiger partial charge >= 0.3 is 6.18 Å². The van der Waals surface area contributed by atoms with Crippen molar-refractivity contribution in [2.75, 3.05) is 11.9 Å². The Balaban J connectivity index is 2.00. The van der Waals surface area contributed by atoms with Crippen molar-refractivity contribution in [3.8, 4) is 0 Å². The summed E-state index contributed by atoms with van der Waals surface area (Å²) in [6.07, 6.45) is -0.896. The van der Waals surface area contributed by atoms with Crippen molar-refractivity contribution >= 4 is 17.4 Å². The monoisotopic (exact) mass is 259 g/mol. The van der Waals surface area contributed by atoms with Gasteiger partial charge in [0.15, 0.2) is 0 Å². The summed E-state index contributed by atoms with van der Waals surface area (Å²) in [6.45, 7) is 0.651. The van der Waals surface area contributed by atoms with Crippen molar-refractivity contribution in [1.82, 2.24) is 0 Å². The number of hydrogen-bond donors (Lipinski definition) is 1. The van der Waals surface area contributed by atoms with Crippen LogP contribution in [0.1, 0.15) is 24.8 Å². The van der Waals surface area contributed by atoms with E-state index in [1.807, 2.05) is 0 Å². The van der Waals surface area contributed by atoms with Crippen molar-refractivity contribution in [1.29, 1.82) is 0 Å². The summed E-state index contributed by atoms with van der Waals surface area (Å²) < 4.78 is 38.6. The number of para-hydroxylation sites is 1. The van der Waals surface area contributed by atoms with Crippen LogP contribution in [0.25, 0.3) is 0 Å². The molecule has 1 saturated carbocycles. The molecule has 1 heterocycles. The number of nitrogens with one attached hydrogen (secondary N) is 1. The SMILES string of the molecule is FC(F)(F)c1cccc2c1NCC1(CCC1)S2. The van der Waals surface area contributed by atoms with Gasteiger partial charge in [0.25, 0.3) is 0 Å². The average Bonchev–Trinajstić information content (AvgIpc) is 2.24. The smallest absolute Gasteiger partial charge is 0.382 e. The van der Waals surface area contributed by atoms with E-state index in [0.29, 0.717) is 6.54 Å². The maximum absolute atomic E-state index is 12.8. The highest BCUT2D eigenvalue weighted by Gasteiger charge is 2.43. The minimum absolute atomic E-state index is 0.150. The van der Waals surface area contributed by atoms with Gasteiger partial charge < -0.3 is 5.32 Å². The molecule has 1 nitrogen and oxygen atoms in total. The second-order valence-corrected chi connectivity index (χ2v) is 6.18. The van der Waals surface area contributed by atoms with Crippen molar-refractivity contribution in [2.24, 2.45) is 0 Å². The first kappa shape index (κ1) is 11.3. The second-order valence-electron chi connectivity index (χ2n) is 4.67. The van der Waals surface area contributed by atoms with Crippen LogP contribution >= 0.6 is 11.8 Å². The van der Waals surface area contributed by atoms with Crippen LogP contribution in [0, 0.1) is 0 Å². The molecule has 3 rings (SSSR count). The van der Waals surface area contributed by atoms with E-state index in [1.165, 1.54) is 12.5 Å². The first-order valence-electron chi connectivity index (χ1n) is 5.63. The Labute approximate surface area is 102 Å². The first-order valence-corrected chi connectivity index (χ1v) is 6.45. The van der Waals surface area contributed by atoms with Crippen LogP contribution in [0.15, 0.2) is 23.1 Å². The molecule has 1 aromatic carbocycles. The predicted molar refractivity (Wildman–Crippen MR) is 62.4 cm³/mol. The Kier molecular flexibility index (Phi) is 2.37. The van der Waals surface area contributed by atoms with Gasteiger partial charge in [-0.2, -0.15) is 13.2 Å². The van der Waals surface area contributed by atoms with E-state index in [2.05, 4.69) is 5.32 Å². The van der Waals surface area contributed by atoms with E-state index in [1.54, 1.807) is 17.8 Å². The van der Waals surface area contributed by atoms with Gasteiger partial charge in [-0.15, -0.1) is 11.8 Å².